The third-order valence-corrected chi connectivity index (χ3v) is 0.634. The fraction of sp³-hybridized carbons (Fsp3) is 0. The van der Waals surface area contributed by atoms with Crippen LogP contribution < -0.4 is 0 Å². The number of aromatic nitrogens is 2. The predicted octanol–water partition coefficient (Wildman–Crippen LogP) is 0.488. The molecule has 42 valence electrons. The molecule has 0 atom stereocenters. The number of hydrogen-bond acceptors (Lipinski definition) is 3. The van der Waals surface area contributed by atoms with Crippen LogP contribution in [0.5, 0.6) is 0 Å². The van der Waals surface area contributed by atoms with Crippen molar-refractivity contribution in [3.8, 4) is 0 Å². The lowest BCUT2D eigenvalue weighted by Crippen LogP contribution is -1.77. The van der Waals surface area contributed by atoms with Crippen molar-refractivity contribution in [3.05, 3.63) is 18.7 Å². The number of imidazole rings is 1. The molecule has 8 heavy (non-hydrogen) atoms. The van der Waals surface area contributed by atoms with Crippen molar-refractivity contribution in [2.75, 3.05) is 0 Å². The Labute approximate surface area is 45.2 Å². The van der Waals surface area contributed by atoms with E-state index in [1.807, 2.05) is 0 Å². The molecule has 0 aliphatic heterocycles. The summed E-state index contributed by atoms with van der Waals surface area (Å²) in [6.07, 6.45) is 4.51. The van der Waals surface area contributed by atoms with E-state index in [2.05, 4.69) is 15.5 Å². The number of hydrogen-bond donors (Lipinski definition) is 1. The van der Waals surface area contributed by atoms with E-state index in [4.69, 9.17) is 5.21 Å². The molecule has 1 rings (SSSR count). The zero-order valence-corrected chi connectivity index (χ0v) is 3.97. The Morgan fingerprint density at radius 2 is 2.50 bits per heavy atom. The van der Waals surface area contributed by atoms with Crippen molar-refractivity contribution in [1.82, 2.24) is 9.66 Å². The first-order chi connectivity index (χ1) is 3.93. The fourth-order valence-electron chi connectivity index (χ4n) is 0.351. The first-order valence-corrected chi connectivity index (χ1v) is 1.97. The zero-order valence-electron chi connectivity index (χ0n) is 3.97. The molecule has 0 aliphatic carbocycles. The summed E-state index contributed by atoms with van der Waals surface area (Å²) in [5.41, 5.74) is 0. The smallest absolute Gasteiger partial charge is 0.118 e. The molecule has 5 nitrogen and oxygen atoms in total. The fourth-order valence-corrected chi connectivity index (χ4v) is 0.351. The molecule has 1 aromatic rings. The standard InChI is InChI=1S/C3H4N4O/c8-6-5-7-2-1-4-3-7/h1-3H,(H,5,8). The highest BCUT2D eigenvalue weighted by atomic mass is 16.5. The van der Waals surface area contributed by atoms with Gasteiger partial charge in [-0.1, -0.05) is 0 Å². The molecular weight excluding hydrogens is 108 g/mol. The average molecular weight is 112 g/mol. The summed E-state index contributed by atoms with van der Waals surface area (Å²) in [4.78, 5) is 3.64. The molecule has 0 radical (unpaired) electrons. The third-order valence-electron chi connectivity index (χ3n) is 0.634. The predicted molar refractivity (Wildman–Crippen MR) is 24.3 cm³/mol. The van der Waals surface area contributed by atoms with Crippen LogP contribution in [0.15, 0.2) is 29.2 Å². The minimum Gasteiger partial charge on any atom is -0.393 e. The molecule has 0 unspecified atom stereocenters. The van der Waals surface area contributed by atoms with E-state index >= 15 is 0 Å². The van der Waals surface area contributed by atoms with Crippen LogP contribution in [0, 0.1) is 0 Å². The van der Waals surface area contributed by atoms with Gasteiger partial charge in [0.25, 0.3) is 0 Å². The van der Waals surface area contributed by atoms with Crippen molar-refractivity contribution in [1.29, 1.82) is 0 Å². The Hall–Kier alpha value is -1.39. The number of nitrogens with zero attached hydrogens (tertiary/aromatic N) is 4. The van der Waals surface area contributed by atoms with Crippen molar-refractivity contribution in [2.24, 2.45) is 10.5 Å². The van der Waals surface area contributed by atoms with Crippen LogP contribution in [0.25, 0.3) is 0 Å². The maximum Gasteiger partial charge on any atom is 0.118 e. The topological polar surface area (TPSA) is 62.8 Å². The molecule has 5 heteroatoms. The Morgan fingerprint density at radius 3 is 3.00 bits per heavy atom. The molecule has 0 aromatic carbocycles. The second-order valence-electron chi connectivity index (χ2n) is 1.12. The van der Waals surface area contributed by atoms with Crippen LogP contribution >= 0.6 is 0 Å². The van der Waals surface area contributed by atoms with Gasteiger partial charge in [0, 0.05) is 11.5 Å². The SMILES string of the molecule is ON=Nn1ccnc1. The normalized spacial score (nSPS) is 10.5. The molecule has 0 saturated carbocycles. The average Bonchev–Trinajstić information content (AvgIpc) is 2.19. The molecule has 0 saturated heterocycles. The molecular formula is C3H4N4O. The molecule has 0 spiro atoms. The van der Waals surface area contributed by atoms with Gasteiger partial charge >= 0.3 is 0 Å². The summed E-state index contributed by atoms with van der Waals surface area (Å²) in [6.45, 7) is 0. The van der Waals surface area contributed by atoms with E-state index in [9.17, 15) is 0 Å². The summed E-state index contributed by atoms with van der Waals surface area (Å²) in [5, 5.41) is 13.6. The van der Waals surface area contributed by atoms with Gasteiger partial charge in [-0.05, 0) is 5.22 Å². The highest BCUT2D eigenvalue weighted by Gasteiger charge is 1.78. The third kappa shape index (κ3) is 0.810. The van der Waals surface area contributed by atoms with Crippen LogP contribution in [0.3, 0.4) is 0 Å². The number of rotatable bonds is 1. The summed E-state index contributed by atoms with van der Waals surface area (Å²) < 4.78 is 1.28. The first-order valence-electron chi connectivity index (χ1n) is 1.97. The van der Waals surface area contributed by atoms with E-state index in [1.54, 1.807) is 6.20 Å². The van der Waals surface area contributed by atoms with Gasteiger partial charge in [0.1, 0.15) is 6.33 Å². The first kappa shape index (κ1) is 4.76. The van der Waals surface area contributed by atoms with Crippen LogP contribution in [-0.2, 0) is 0 Å². The second kappa shape index (κ2) is 2.06. The Morgan fingerprint density at radius 1 is 1.62 bits per heavy atom. The highest BCUT2D eigenvalue weighted by molar-refractivity contribution is 4.71. The van der Waals surface area contributed by atoms with E-state index in [-0.39, 0.29) is 0 Å². The zero-order chi connectivity index (χ0) is 5.82. The van der Waals surface area contributed by atoms with E-state index in [1.165, 1.54) is 17.2 Å². The maximum absolute atomic E-state index is 7.85. The van der Waals surface area contributed by atoms with Crippen molar-refractivity contribution < 1.29 is 5.21 Å². The van der Waals surface area contributed by atoms with Gasteiger partial charge in [0.15, 0.2) is 0 Å². The van der Waals surface area contributed by atoms with Gasteiger partial charge in [-0.3, -0.25) is 0 Å². The molecule has 1 aromatic heterocycles. The van der Waals surface area contributed by atoms with Crippen molar-refractivity contribution in [3.63, 3.8) is 0 Å². The second-order valence-corrected chi connectivity index (χ2v) is 1.12. The Kier molecular flexibility index (Phi) is 1.23. The van der Waals surface area contributed by atoms with E-state index in [0.717, 1.165) is 0 Å². The quantitative estimate of drug-likeness (QED) is 0.424. The van der Waals surface area contributed by atoms with Gasteiger partial charge in [0.05, 0.1) is 6.20 Å². The minimum absolute atomic E-state index is 1.28. The summed E-state index contributed by atoms with van der Waals surface area (Å²) >= 11 is 0. The molecule has 0 bridgehead atoms. The lowest BCUT2D eigenvalue weighted by Gasteiger charge is -1.79. The van der Waals surface area contributed by atoms with E-state index in [0.29, 0.717) is 0 Å². The lowest BCUT2D eigenvalue weighted by atomic mass is 11.0. The van der Waals surface area contributed by atoms with Gasteiger partial charge in [0.2, 0.25) is 0 Å². The summed E-state index contributed by atoms with van der Waals surface area (Å²) in [5.74, 6) is 0. The van der Waals surface area contributed by atoms with Gasteiger partial charge in [-0.15, -0.1) is 0 Å². The highest BCUT2D eigenvalue weighted by Crippen LogP contribution is 1.82. The molecule has 1 heterocycles. The van der Waals surface area contributed by atoms with Gasteiger partial charge < -0.3 is 5.21 Å². The molecule has 0 amide bonds. The monoisotopic (exact) mass is 112 g/mol. The van der Waals surface area contributed by atoms with Gasteiger partial charge in [-0.25, -0.2) is 9.66 Å². The molecule has 0 fully saturated rings. The maximum atomic E-state index is 7.85. The molecule has 1 N–H and O–H groups in total. The van der Waals surface area contributed by atoms with Gasteiger partial charge in [-0.2, -0.15) is 0 Å². The Balaban J connectivity index is 2.77. The van der Waals surface area contributed by atoms with E-state index < -0.39 is 0 Å². The van der Waals surface area contributed by atoms with Crippen LogP contribution in [0.2, 0.25) is 0 Å². The summed E-state index contributed by atoms with van der Waals surface area (Å²) in [6, 6.07) is 0. The van der Waals surface area contributed by atoms with Crippen LogP contribution in [-0.4, -0.2) is 14.9 Å². The van der Waals surface area contributed by atoms with Crippen molar-refractivity contribution >= 4 is 0 Å². The van der Waals surface area contributed by atoms with Crippen LogP contribution in [0.4, 0.5) is 0 Å². The van der Waals surface area contributed by atoms with Crippen LogP contribution in [0.1, 0.15) is 0 Å². The lowest BCUT2D eigenvalue weighted by molar-refractivity contribution is 0.273. The minimum atomic E-state index is 1.28. The largest absolute Gasteiger partial charge is 0.393 e. The summed E-state index contributed by atoms with van der Waals surface area (Å²) in [7, 11) is 0. The molecule has 0 aliphatic rings. The Bertz CT molecular complexity index is 167. The van der Waals surface area contributed by atoms with Crippen molar-refractivity contribution in [2.45, 2.75) is 0 Å².